The van der Waals surface area contributed by atoms with Gasteiger partial charge in [-0.3, -0.25) is 0 Å². The lowest BCUT2D eigenvalue weighted by molar-refractivity contribution is 0.226. The molecule has 116 valence electrons. The quantitative estimate of drug-likeness (QED) is 0.930. The van der Waals surface area contributed by atoms with Crippen LogP contribution in [0, 0.1) is 5.41 Å². The second-order valence-corrected chi connectivity index (χ2v) is 6.28. The van der Waals surface area contributed by atoms with Gasteiger partial charge in [0.15, 0.2) is 11.5 Å². The Balaban J connectivity index is 0.00000176. The maximum atomic E-state index is 8.05. The summed E-state index contributed by atoms with van der Waals surface area (Å²) in [4.78, 5) is 2.42. The molecule has 4 nitrogen and oxygen atoms in total. The topological polar surface area (TPSA) is 45.5 Å². The maximum absolute atomic E-state index is 8.05. The molecule has 1 heterocycles. The van der Waals surface area contributed by atoms with Crippen molar-refractivity contribution in [2.45, 2.75) is 37.1 Å². The van der Waals surface area contributed by atoms with Gasteiger partial charge in [0, 0.05) is 25.0 Å². The normalized spacial score (nSPS) is 29.3. The van der Waals surface area contributed by atoms with Gasteiger partial charge in [-0.05, 0) is 50.6 Å². The van der Waals surface area contributed by atoms with E-state index in [2.05, 4.69) is 24.1 Å². The van der Waals surface area contributed by atoms with E-state index in [0.717, 1.165) is 49.4 Å². The first kappa shape index (κ1) is 14.4. The molecule has 0 unspecified atom stereocenters. The van der Waals surface area contributed by atoms with E-state index in [1.54, 1.807) is 14.2 Å². The Morgan fingerprint density at radius 2 is 2.00 bits per heavy atom. The number of methoxy groups -OCH3 is 2. The van der Waals surface area contributed by atoms with Crippen molar-refractivity contribution in [1.29, 1.82) is 5.41 Å². The number of ether oxygens (including phenoxy) is 2. The second kappa shape index (κ2) is 5.34. The number of likely N-dealkylation sites (tertiary alicyclic amines) is 1. The molecule has 0 amide bonds. The summed E-state index contributed by atoms with van der Waals surface area (Å²) < 4.78 is 10.8. The molecule has 0 aromatic heterocycles. The highest BCUT2D eigenvalue weighted by molar-refractivity contribution is 5.83. The van der Waals surface area contributed by atoms with Crippen LogP contribution in [-0.2, 0) is 5.41 Å². The first-order valence-electron chi connectivity index (χ1n) is 7.60. The summed E-state index contributed by atoms with van der Waals surface area (Å²) in [5.41, 5.74) is 2.39. The van der Waals surface area contributed by atoms with E-state index in [-0.39, 0.29) is 6.84 Å². The fourth-order valence-electron chi connectivity index (χ4n) is 4.10. The van der Waals surface area contributed by atoms with Crippen LogP contribution in [0.3, 0.4) is 0 Å². The minimum Gasteiger partial charge on any atom is -0.493 e. The van der Waals surface area contributed by atoms with E-state index in [9.17, 15) is 0 Å². The molecule has 1 aliphatic heterocycles. The minimum absolute atomic E-state index is 0. The van der Waals surface area contributed by atoms with Crippen LogP contribution in [0.25, 0.3) is 0 Å². The Hall–Kier alpha value is -1.55. The van der Waals surface area contributed by atoms with Crippen LogP contribution in [0.2, 0.25) is 0 Å². The molecule has 1 N–H and O–H groups in total. The van der Waals surface area contributed by atoms with E-state index in [1.165, 1.54) is 5.56 Å². The molecule has 2 fully saturated rings. The van der Waals surface area contributed by atoms with Crippen molar-refractivity contribution in [2.24, 2.45) is 0 Å². The van der Waals surface area contributed by atoms with E-state index < -0.39 is 0 Å². The number of fused-ring (bicyclic) bond motifs is 1. The van der Waals surface area contributed by atoms with E-state index in [0.29, 0.717) is 6.04 Å². The third-order valence-electron chi connectivity index (χ3n) is 5.35. The number of likely N-dealkylation sites (N-methyl/N-ethyl adjacent to an activating group) is 1. The van der Waals surface area contributed by atoms with Gasteiger partial charge in [0.05, 0.1) is 14.2 Å². The Morgan fingerprint density at radius 1 is 1.24 bits per heavy atom. The van der Waals surface area contributed by atoms with Crippen LogP contribution in [0.1, 0.15) is 32.7 Å². The Bertz CT molecular complexity index is 564. The molecular formula is C17H26N2O2. The van der Waals surface area contributed by atoms with Gasteiger partial charge in [-0.15, -0.1) is 0 Å². The predicted molar refractivity (Wildman–Crippen MR) is 86.0 cm³/mol. The molecular weight excluding hydrogens is 264 g/mol. The maximum Gasteiger partial charge on any atom is 0.161 e. The van der Waals surface area contributed by atoms with Gasteiger partial charge in [-0.2, -0.15) is 0 Å². The van der Waals surface area contributed by atoms with E-state index >= 15 is 0 Å². The van der Waals surface area contributed by atoms with Crippen molar-refractivity contribution in [3.05, 3.63) is 23.8 Å². The van der Waals surface area contributed by atoms with Gasteiger partial charge in [0.25, 0.3) is 0 Å². The zero-order chi connectivity index (χ0) is 15.0. The van der Waals surface area contributed by atoms with E-state index in [4.69, 9.17) is 14.9 Å². The van der Waals surface area contributed by atoms with Crippen molar-refractivity contribution < 1.29 is 10.9 Å². The van der Waals surface area contributed by atoms with Crippen molar-refractivity contribution >= 4 is 5.71 Å². The molecule has 1 aromatic rings. The van der Waals surface area contributed by atoms with E-state index in [1.807, 2.05) is 6.07 Å². The van der Waals surface area contributed by atoms with Crippen LogP contribution in [0.5, 0.6) is 11.5 Å². The Kier molecular flexibility index (Phi) is 3.66. The monoisotopic (exact) mass is 290 g/mol. The highest BCUT2D eigenvalue weighted by atomic mass is 16.5. The lowest BCUT2D eigenvalue weighted by Gasteiger charge is -2.42. The standard InChI is InChI=1S/C17H24N2O2.H2/c1-19-9-8-17(7-6-13(18)11-16(17)19)12-4-5-14(20-2)15(10-12)21-3;/h4-5,10,16,18H,6-9,11H2,1-3H3;1H/t16-,17-;/m0./s1. The summed E-state index contributed by atoms with van der Waals surface area (Å²) >= 11 is 0. The average molecular weight is 290 g/mol. The third kappa shape index (κ3) is 2.22. The summed E-state index contributed by atoms with van der Waals surface area (Å²) in [6.45, 7) is 1.10. The Labute approximate surface area is 128 Å². The van der Waals surface area contributed by atoms with Crippen LogP contribution in [-0.4, -0.2) is 44.5 Å². The molecule has 1 saturated heterocycles. The van der Waals surface area contributed by atoms with Gasteiger partial charge < -0.3 is 19.8 Å². The van der Waals surface area contributed by atoms with Crippen LogP contribution < -0.4 is 9.47 Å². The average Bonchev–Trinajstić information content (AvgIpc) is 2.85. The number of nitrogens with one attached hydrogen (secondary N) is 1. The molecule has 0 bridgehead atoms. The SMILES string of the molecule is COc1ccc([C@@]23CCC(=N)C[C@@H]2N(C)CC3)cc1OC.[HH]. The molecule has 0 radical (unpaired) electrons. The summed E-state index contributed by atoms with van der Waals surface area (Å²) in [6.07, 6.45) is 4.04. The van der Waals surface area contributed by atoms with Crippen LogP contribution >= 0.6 is 0 Å². The van der Waals surface area contributed by atoms with Crippen molar-refractivity contribution in [3.8, 4) is 11.5 Å². The van der Waals surface area contributed by atoms with Crippen molar-refractivity contribution in [2.75, 3.05) is 27.8 Å². The molecule has 1 aliphatic carbocycles. The zero-order valence-electron chi connectivity index (χ0n) is 13.1. The number of hydrogen-bond acceptors (Lipinski definition) is 4. The molecule has 0 spiro atoms. The zero-order valence-corrected chi connectivity index (χ0v) is 13.1. The predicted octanol–water partition coefficient (Wildman–Crippen LogP) is 3.10. The second-order valence-electron chi connectivity index (χ2n) is 6.28. The fourth-order valence-corrected chi connectivity index (χ4v) is 4.10. The summed E-state index contributed by atoms with van der Waals surface area (Å²) in [6, 6.07) is 6.78. The highest BCUT2D eigenvalue weighted by Gasteiger charge is 2.49. The smallest absolute Gasteiger partial charge is 0.161 e. The lowest BCUT2D eigenvalue weighted by atomic mass is 9.65. The first-order chi connectivity index (χ1) is 10.1. The molecule has 1 saturated carbocycles. The number of hydrogen-bond donors (Lipinski definition) is 1. The molecule has 1 aromatic carbocycles. The van der Waals surface area contributed by atoms with Gasteiger partial charge in [-0.25, -0.2) is 0 Å². The number of benzene rings is 1. The highest BCUT2D eigenvalue weighted by Crippen LogP contribution is 2.49. The summed E-state index contributed by atoms with van der Waals surface area (Å²) in [5, 5.41) is 8.05. The van der Waals surface area contributed by atoms with Gasteiger partial charge >= 0.3 is 0 Å². The third-order valence-corrected chi connectivity index (χ3v) is 5.35. The lowest BCUT2D eigenvalue weighted by Crippen LogP contribution is -2.46. The molecule has 2 aliphatic rings. The van der Waals surface area contributed by atoms with Crippen LogP contribution in [0.15, 0.2) is 18.2 Å². The minimum atomic E-state index is 0. The van der Waals surface area contributed by atoms with Gasteiger partial charge in [0.2, 0.25) is 0 Å². The molecule has 4 heteroatoms. The van der Waals surface area contributed by atoms with Crippen LogP contribution in [0.4, 0.5) is 0 Å². The number of nitrogens with zero attached hydrogens (tertiary/aromatic N) is 1. The van der Waals surface area contributed by atoms with Crippen molar-refractivity contribution in [3.63, 3.8) is 0 Å². The van der Waals surface area contributed by atoms with Gasteiger partial charge in [0.1, 0.15) is 0 Å². The number of rotatable bonds is 3. The molecule has 3 rings (SSSR count). The Morgan fingerprint density at radius 3 is 2.71 bits per heavy atom. The molecule has 2 atom stereocenters. The first-order valence-corrected chi connectivity index (χ1v) is 7.60. The van der Waals surface area contributed by atoms with Crippen molar-refractivity contribution in [1.82, 2.24) is 4.90 Å². The summed E-state index contributed by atoms with van der Waals surface area (Å²) in [7, 11) is 5.55. The molecule has 21 heavy (non-hydrogen) atoms. The fraction of sp³-hybridized carbons (Fsp3) is 0.588. The largest absolute Gasteiger partial charge is 0.493 e. The summed E-state index contributed by atoms with van der Waals surface area (Å²) in [5.74, 6) is 1.59. The van der Waals surface area contributed by atoms with Gasteiger partial charge in [-0.1, -0.05) is 6.07 Å².